The summed E-state index contributed by atoms with van der Waals surface area (Å²) in [4.78, 5) is 0. The first kappa shape index (κ1) is 15.8. The minimum atomic E-state index is 0.0748. The molecule has 0 saturated heterocycles. The number of fused-ring (bicyclic) bond motifs is 1. The summed E-state index contributed by atoms with van der Waals surface area (Å²) in [5, 5.41) is 0. The van der Waals surface area contributed by atoms with Crippen molar-refractivity contribution in [1.29, 1.82) is 0 Å². The Balaban J connectivity index is 2.14. The molecule has 2 nitrogen and oxygen atoms in total. The highest BCUT2D eigenvalue weighted by molar-refractivity contribution is 5.80. The van der Waals surface area contributed by atoms with Crippen molar-refractivity contribution in [2.45, 2.75) is 47.0 Å². The Kier molecular flexibility index (Phi) is 3.79. The third-order valence-corrected chi connectivity index (χ3v) is 4.41. The third-order valence-electron chi connectivity index (χ3n) is 4.41. The highest BCUT2D eigenvalue weighted by Crippen LogP contribution is 2.42. The van der Waals surface area contributed by atoms with Gasteiger partial charge in [0.15, 0.2) is 6.21 Å². The molecular weight excluding hydrogens is 282 g/mol. The molecule has 1 heterocycles. The van der Waals surface area contributed by atoms with Crippen LogP contribution in [0.5, 0.6) is 5.75 Å². The average molecular weight is 308 g/mol. The average Bonchev–Trinajstić information content (AvgIpc) is 2.84. The Morgan fingerprint density at radius 2 is 1.74 bits per heavy atom. The van der Waals surface area contributed by atoms with Crippen molar-refractivity contribution >= 4 is 11.9 Å². The van der Waals surface area contributed by atoms with Gasteiger partial charge >= 0.3 is 0 Å². The summed E-state index contributed by atoms with van der Waals surface area (Å²) in [7, 11) is 0. The van der Waals surface area contributed by atoms with E-state index in [1.54, 1.807) is 0 Å². The first-order valence-electron chi connectivity index (χ1n) is 8.22. The Hall–Kier alpha value is -2.09. The lowest BCUT2D eigenvalue weighted by atomic mass is 9.85. The lowest BCUT2D eigenvalue weighted by Gasteiger charge is -2.20. The van der Waals surface area contributed by atoms with Crippen LogP contribution >= 0.6 is 0 Å². The van der Waals surface area contributed by atoms with Crippen LogP contribution < -0.4 is 4.74 Å². The van der Waals surface area contributed by atoms with Gasteiger partial charge in [0.2, 0.25) is 5.75 Å². The summed E-state index contributed by atoms with van der Waals surface area (Å²) in [6, 6.07) is 11.0. The van der Waals surface area contributed by atoms with E-state index in [0.29, 0.717) is 6.73 Å². The monoisotopic (exact) mass is 308 g/mol. The molecule has 0 spiro atoms. The van der Waals surface area contributed by atoms with Gasteiger partial charge in [0.1, 0.15) is 0 Å². The van der Waals surface area contributed by atoms with Gasteiger partial charge in [-0.25, -0.2) is 0 Å². The second-order valence-corrected chi connectivity index (χ2v) is 7.64. The molecule has 0 aromatic heterocycles. The fourth-order valence-corrected chi connectivity index (χ4v) is 3.05. The van der Waals surface area contributed by atoms with E-state index in [9.17, 15) is 0 Å². The second-order valence-electron chi connectivity index (χ2n) is 7.64. The number of ether oxygens (including phenoxy) is 1. The van der Waals surface area contributed by atoms with Crippen molar-refractivity contribution in [2.75, 3.05) is 6.73 Å². The predicted molar refractivity (Wildman–Crippen MR) is 96.4 cm³/mol. The zero-order chi connectivity index (χ0) is 16.8. The van der Waals surface area contributed by atoms with E-state index >= 15 is 0 Å². The van der Waals surface area contributed by atoms with Gasteiger partial charge in [0, 0.05) is 17.2 Å². The number of hydrogen-bond donors (Lipinski definition) is 0. The van der Waals surface area contributed by atoms with E-state index in [4.69, 9.17) is 4.74 Å². The molecule has 3 rings (SSSR count). The molecule has 0 unspecified atom stereocenters. The van der Waals surface area contributed by atoms with Crippen LogP contribution in [0.4, 0.5) is 5.69 Å². The standard InChI is InChI=1S/C21H26NO/c1-14-7-8-16(3)17(9-14)12-22-13-23-20-18(21(4,5)6)10-15(2)11-19(20)22/h7-12H,13H2,1-6H3/q+1/b22-12-. The van der Waals surface area contributed by atoms with Crippen molar-refractivity contribution in [3.8, 4) is 5.75 Å². The van der Waals surface area contributed by atoms with Crippen LogP contribution in [-0.4, -0.2) is 17.5 Å². The van der Waals surface area contributed by atoms with Crippen LogP contribution in [0.1, 0.15) is 48.6 Å². The van der Waals surface area contributed by atoms with Crippen molar-refractivity contribution in [3.63, 3.8) is 0 Å². The van der Waals surface area contributed by atoms with E-state index < -0.39 is 0 Å². The zero-order valence-electron chi connectivity index (χ0n) is 15.0. The molecule has 0 saturated carbocycles. The quantitative estimate of drug-likeness (QED) is 0.674. The fraction of sp³-hybridized carbons (Fsp3) is 0.381. The lowest BCUT2D eigenvalue weighted by Crippen LogP contribution is -2.12. The normalized spacial score (nSPS) is 15.7. The molecule has 2 heteroatoms. The first-order chi connectivity index (χ1) is 10.8. The van der Waals surface area contributed by atoms with Crippen LogP contribution in [0.15, 0.2) is 30.3 Å². The largest absolute Gasteiger partial charge is 0.429 e. The Morgan fingerprint density at radius 1 is 1.00 bits per heavy atom. The van der Waals surface area contributed by atoms with Crippen LogP contribution in [0.2, 0.25) is 0 Å². The maximum absolute atomic E-state index is 6.06. The van der Waals surface area contributed by atoms with Gasteiger partial charge in [-0.15, -0.1) is 0 Å². The molecule has 0 atom stereocenters. The van der Waals surface area contributed by atoms with E-state index in [2.05, 4.69) is 82.7 Å². The summed E-state index contributed by atoms with van der Waals surface area (Å²) in [6.07, 6.45) is 2.21. The number of aryl methyl sites for hydroxylation is 3. The maximum atomic E-state index is 6.06. The summed E-state index contributed by atoms with van der Waals surface area (Å²) >= 11 is 0. The van der Waals surface area contributed by atoms with Crippen LogP contribution in [0.3, 0.4) is 0 Å². The number of nitrogens with zero attached hydrogens (tertiary/aromatic N) is 1. The number of rotatable bonds is 1. The molecule has 1 aliphatic heterocycles. The van der Waals surface area contributed by atoms with Crippen LogP contribution in [0, 0.1) is 20.8 Å². The molecule has 0 amide bonds. The molecule has 0 fully saturated rings. The van der Waals surface area contributed by atoms with Crippen molar-refractivity contribution in [2.24, 2.45) is 0 Å². The van der Waals surface area contributed by atoms with Crippen LogP contribution in [0.25, 0.3) is 0 Å². The summed E-state index contributed by atoms with van der Waals surface area (Å²) in [5.41, 5.74) is 7.62. The molecule has 0 radical (unpaired) electrons. The van der Waals surface area contributed by atoms with Crippen LogP contribution in [-0.2, 0) is 5.41 Å². The summed E-state index contributed by atoms with van der Waals surface area (Å²) in [5.74, 6) is 1.03. The molecule has 2 aromatic rings. The molecule has 120 valence electrons. The Labute approximate surface area is 139 Å². The Morgan fingerprint density at radius 3 is 2.43 bits per heavy atom. The van der Waals surface area contributed by atoms with Gasteiger partial charge in [-0.05, 0) is 43.4 Å². The molecule has 0 aliphatic carbocycles. The maximum Gasteiger partial charge on any atom is 0.293 e. The molecule has 2 aromatic carbocycles. The van der Waals surface area contributed by atoms with Gasteiger partial charge in [-0.1, -0.05) is 44.5 Å². The predicted octanol–water partition coefficient (Wildman–Crippen LogP) is 5.02. The van der Waals surface area contributed by atoms with Crippen molar-refractivity contribution in [3.05, 3.63) is 58.1 Å². The highest BCUT2D eigenvalue weighted by atomic mass is 16.5. The van der Waals surface area contributed by atoms with E-state index in [-0.39, 0.29) is 5.41 Å². The molecule has 0 bridgehead atoms. The lowest BCUT2D eigenvalue weighted by molar-refractivity contribution is -0.452. The molecule has 23 heavy (non-hydrogen) atoms. The van der Waals surface area contributed by atoms with Gasteiger partial charge < -0.3 is 4.74 Å². The second kappa shape index (κ2) is 5.52. The van der Waals surface area contributed by atoms with E-state index in [1.165, 1.54) is 33.5 Å². The van der Waals surface area contributed by atoms with E-state index in [1.807, 2.05) is 0 Å². The SMILES string of the molecule is Cc1ccc(C)c(/C=[N+]2/COc3c2cc(C)cc3C(C)(C)C)c1. The topological polar surface area (TPSA) is 12.2 Å². The van der Waals surface area contributed by atoms with Gasteiger partial charge in [-0.2, -0.15) is 4.58 Å². The smallest absolute Gasteiger partial charge is 0.293 e. The van der Waals surface area contributed by atoms with Gasteiger partial charge in [0.05, 0.1) is 0 Å². The first-order valence-corrected chi connectivity index (χ1v) is 8.22. The Bertz CT molecular complexity index is 794. The zero-order valence-corrected chi connectivity index (χ0v) is 15.0. The minimum Gasteiger partial charge on any atom is -0.429 e. The fourth-order valence-electron chi connectivity index (χ4n) is 3.05. The minimum absolute atomic E-state index is 0.0748. The number of benzene rings is 2. The molecule has 1 aliphatic rings. The molecular formula is C21H26NO+. The van der Waals surface area contributed by atoms with Gasteiger partial charge in [0.25, 0.3) is 12.4 Å². The van der Waals surface area contributed by atoms with Gasteiger partial charge in [-0.3, -0.25) is 0 Å². The van der Waals surface area contributed by atoms with Crippen molar-refractivity contribution < 1.29 is 9.31 Å². The van der Waals surface area contributed by atoms with Crippen molar-refractivity contribution in [1.82, 2.24) is 0 Å². The summed E-state index contributed by atoms with van der Waals surface area (Å²) in [6.45, 7) is 13.7. The molecule has 0 N–H and O–H groups in total. The van der Waals surface area contributed by atoms with E-state index in [0.717, 1.165) is 5.75 Å². The third kappa shape index (κ3) is 3.03. The summed E-state index contributed by atoms with van der Waals surface area (Å²) < 4.78 is 8.28. The highest BCUT2D eigenvalue weighted by Gasteiger charge is 2.32. The number of hydrogen-bond acceptors (Lipinski definition) is 1.